The Kier molecular flexibility index (Phi) is 7.43. The lowest BCUT2D eigenvalue weighted by atomic mass is 10.1. The Labute approximate surface area is 193 Å². The minimum absolute atomic E-state index is 0.00575. The van der Waals surface area contributed by atoms with Crippen LogP contribution in [0.5, 0.6) is 11.5 Å². The summed E-state index contributed by atoms with van der Waals surface area (Å²) in [6, 6.07) is 12.5. The number of halogens is 1. The fraction of sp³-hybridized carbons (Fsp3) is 0.333. The molecule has 0 aliphatic rings. The molecule has 2 N–H and O–H groups in total. The van der Waals surface area contributed by atoms with Gasteiger partial charge in [-0.2, -0.15) is 5.10 Å². The number of aryl methyl sites for hydroxylation is 1. The highest BCUT2D eigenvalue weighted by molar-refractivity contribution is 6.33. The molecule has 3 rings (SSSR count). The molecule has 0 spiro atoms. The standard InChI is InChI=1S/C24H29ClN4O3/c1-24(2,3)26-11-12-32-21-10-9-17(14-19(21)22-20(25)15-27-29(22)4)28-23(30)16-7-6-8-18(13-16)31-5/h6-10,13-15,26H,11-12H2,1-5H3,(H,28,30). The lowest BCUT2D eigenvalue weighted by Crippen LogP contribution is -2.38. The van der Waals surface area contributed by atoms with E-state index in [0.29, 0.717) is 46.6 Å². The van der Waals surface area contributed by atoms with Crippen LogP contribution < -0.4 is 20.1 Å². The molecule has 32 heavy (non-hydrogen) atoms. The highest BCUT2D eigenvalue weighted by atomic mass is 35.5. The SMILES string of the molecule is COc1cccc(C(=O)Nc2ccc(OCCNC(C)(C)C)c(-c3c(Cl)cnn3C)c2)c1. The third kappa shape index (κ3) is 6.02. The molecular weight excluding hydrogens is 428 g/mol. The van der Waals surface area contributed by atoms with E-state index in [1.807, 2.05) is 19.2 Å². The topological polar surface area (TPSA) is 77.4 Å². The molecule has 0 atom stereocenters. The normalized spacial score (nSPS) is 11.3. The average molecular weight is 457 g/mol. The van der Waals surface area contributed by atoms with Crippen LogP contribution in [-0.4, -0.2) is 41.5 Å². The maximum Gasteiger partial charge on any atom is 0.255 e. The zero-order valence-corrected chi connectivity index (χ0v) is 19.8. The predicted octanol–water partition coefficient (Wildman–Crippen LogP) is 4.77. The first kappa shape index (κ1) is 23.6. The number of hydrogen-bond donors (Lipinski definition) is 2. The second kappa shape index (κ2) is 10.1. The van der Waals surface area contributed by atoms with Gasteiger partial charge in [0, 0.05) is 35.9 Å². The molecule has 3 aromatic rings. The molecule has 7 nitrogen and oxygen atoms in total. The van der Waals surface area contributed by atoms with Gasteiger partial charge >= 0.3 is 0 Å². The number of carbonyl (C=O) groups excluding carboxylic acids is 1. The van der Waals surface area contributed by atoms with Crippen molar-refractivity contribution in [1.29, 1.82) is 0 Å². The van der Waals surface area contributed by atoms with E-state index < -0.39 is 0 Å². The molecular formula is C24H29ClN4O3. The average Bonchev–Trinajstić information content (AvgIpc) is 3.09. The summed E-state index contributed by atoms with van der Waals surface area (Å²) in [5.74, 6) is 1.03. The first-order valence-electron chi connectivity index (χ1n) is 10.3. The quantitative estimate of drug-likeness (QED) is 0.477. The fourth-order valence-corrected chi connectivity index (χ4v) is 3.45. The number of aromatic nitrogens is 2. The predicted molar refractivity (Wildman–Crippen MR) is 128 cm³/mol. The highest BCUT2D eigenvalue weighted by Gasteiger charge is 2.17. The van der Waals surface area contributed by atoms with Gasteiger partial charge in [0.25, 0.3) is 5.91 Å². The van der Waals surface area contributed by atoms with Crippen LogP contribution in [-0.2, 0) is 7.05 Å². The van der Waals surface area contributed by atoms with E-state index in [0.717, 1.165) is 5.56 Å². The number of benzene rings is 2. The lowest BCUT2D eigenvalue weighted by molar-refractivity contribution is 0.102. The number of rotatable bonds is 8. The maximum atomic E-state index is 12.8. The summed E-state index contributed by atoms with van der Waals surface area (Å²) in [4.78, 5) is 12.8. The number of hydrogen-bond acceptors (Lipinski definition) is 5. The van der Waals surface area contributed by atoms with Crippen molar-refractivity contribution in [1.82, 2.24) is 15.1 Å². The second-order valence-electron chi connectivity index (χ2n) is 8.39. The van der Waals surface area contributed by atoms with Crippen LogP contribution in [0, 0.1) is 0 Å². The van der Waals surface area contributed by atoms with Crippen LogP contribution in [0.2, 0.25) is 5.02 Å². The van der Waals surface area contributed by atoms with E-state index in [1.54, 1.807) is 48.3 Å². The summed E-state index contributed by atoms with van der Waals surface area (Å²) < 4.78 is 12.9. The number of ether oxygens (including phenoxy) is 2. The Morgan fingerprint density at radius 2 is 1.97 bits per heavy atom. The van der Waals surface area contributed by atoms with E-state index in [4.69, 9.17) is 21.1 Å². The summed E-state index contributed by atoms with van der Waals surface area (Å²) in [5.41, 5.74) is 2.58. The Morgan fingerprint density at radius 1 is 1.19 bits per heavy atom. The second-order valence-corrected chi connectivity index (χ2v) is 8.79. The Bertz CT molecular complexity index is 1070. The van der Waals surface area contributed by atoms with Crippen molar-refractivity contribution in [3.05, 3.63) is 59.2 Å². The minimum Gasteiger partial charge on any atom is -0.497 e. The summed E-state index contributed by atoms with van der Waals surface area (Å²) in [6.45, 7) is 7.49. The van der Waals surface area contributed by atoms with Crippen molar-refractivity contribution in [3.63, 3.8) is 0 Å². The van der Waals surface area contributed by atoms with Crippen LogP contribution in [0.4, 0.5) is 5.69 Å². The Hall–Kier alpha value is -3.03. The van der Waals surface area contributed by atoms with Gasteiger partial charge in [-0.25, -0.2) is 0 Å². The zero-order valence-electron chi connectivity index (χ0n) is 19.0. The third-order valence-electron chi connectivity index (χ3n) is 4.73. The van der Waals surface area contributed by atoms with E-state index >= 15 is 0 Å². The number of carbonyl (C=O) groups is 1. The Morgan fingerprint density at radius 3 is 2.62 bits per heavy atom. The molecule has 2 aromatic carbocycles. The molecule has 0 aliphatic heterocycles. The van der Waals surface area contributed by atoms with Crippen molar-refractivity contribution >= 4 is 23.2 Å². The number of anilines is 1. The molecule has 0 unspecified atom stereocenters. The molecule has 0 radical (unpaired) electrons. The van der Waals surface area contributed by atoms with Crippen LogP contribution in [0.3, 0.4) is 0 Å². The maximum absolute atomic E-state index is 12.8. The van der Waals surface area contributed by atoms with Gasteiger partial charge in [-0.1, -0.05) is 17.7 Å². The molecule has 0 saturated carbocycles. The summed E-state index contributed by atoms with van der Waals surface area (Å²) in [6.07, 6.45) is 1.59. The minimum atomic E-state index is -0.242. The van der Waals surface area contributed by atoms with Gasteiger partial charge in [0.05, 0.1) is 24.0 Å². The first-order valence-corrected chi connectivity index (χ1v) is 10.7. The molecule has 170 valence electrons. The van der Waals surface area contributed by atoms with Crippen molar-refractivity contribution in [2.45, 2.75) is 26.3 Å². The molecule has 1 aromatic heterocycles. The van der Waals surface area contributed by atoms with Crippen molar-refractivity contribution < 1.29 is 14.3 Å². The smallest absolute Gasteiger partial charge is 0.255 e. The number of methoxy groups -OCH3 is 1. The molecule has 0 saturated heterocycles. The molecule has 1 amide bonds. The highest BCUT2D eigenvalue weighted by Crippen LogP contribution is 2.36. The van der Waals surface area contributed by atoms with Crippen LogP contribution in [0.15, 0.2) is 48.7 Å². The molecule has 1 heterocycles. The van der Waals surface area contributed by atoms with Crippen LogP contribution in [0.1, 0.15) is 31.1 Å². The molecule has 0 aliphatic carbocycles. The number of nitrogens with zero attached hydrogens (tertiary/aromatic N) is 2. The number of amides is 1. The zero-order chi connectivity index (χ0) is 23.3. The van der Waals surface area contributed by atoms with Gasteiger partial charge < -0.3 is 20.1 Å². The van der Waals surface area contributed by atoms with E-state index in [9.17, 15) is 4.79 Å². The van der Waals surface area contributed by atoms with Crippen molar-refractivity contribution in [2.75, 3.05) is 25.6 Å². The summed E-state index contributed by atoms with van der Waals surface area (Å²) >= 11 is 6.41. The summed E-state index contributed by atoms with van der Waals surface area (Å²) in [5, 5.41) is 11.1. The molecule has 0 fully saturated rings. The van der Waals surface area contributed by atoms with Gasteiger partial charge in [-0.05, 0) is 57.2 Å². The van der Waals surface area contributed by atoms with Gasteiger partial charge in [0.15, 0.2) is 0 Å². The van der Waals surface area contributed by atoms with Crippen LogP contribution in [0.25, 0.3) is 11.3 Å². The largest absolute Gasteiger partial charge is 0.497 e. The third-order valence-corrected chi connectivity index (χ3v) is 5.01. The van der Waals surface area contributed by atoms with Crippen molar-refractivity contribution in [3.8, 4) is 22.8 Å². The number of nitrogens with one attached hydrogen (secondary N) is 2. The molecule has 0 bridgehead atoms. The van der Waals surface area contributed by atoms with Gasteiger partial charge in [0.2, 0.25) is 0 Å². The lowest BCUT2D eigenvalue weighted by Gasteiger charge is -2.21. The van der Waals surface area contributed by atoms with E-state index in [1.165, 1.54) is 0 Å². The van der Waals surface area contributed by atoms with Crippen LogP contribution >= 0.6 is 11.6 Å². The van der Waals surface area contributed by atoms with E-state index in [2.05, 4.69) is 36.5 Å². The van der Waals surface area contributed by atoms with Gasteiger partial charge in [-0.15, -0.1) is 0 Å². The van der Waals surface area contributed by atoms with E-state index in [-0.39, 0.29) is 11.4 Å². The fourth-order valence-electron chi connectivity index (χ4n) is 3.19. The summed E-state index contributed by atoms with van der Waals surface area (Å²) in [7, 11) is 3.38. The first-order chi connectivity index (χ1) is 15.2. The Balaban J connectivity index is 1.85. The van der Waals surface area contributed by atoms with Crippen molar-refractivity contribution in [2.24, 2.45) is 7.05 Å². The van der Waals surface area contributed by atoms with Gasteiger partial charge in [-0.3, -0.25) is 9.48 Å². The molecule has 8 heteroatoms. The monoisotopic (exact) mass is 456 g/mol. The van der Waals surface area contributed by atoms with Gasteiger partial charge in [0.1, 0.15) is 18.1 Å².